The Kier molecular flexibility index (Phi) is 4.60. The fraction of sp³-hybridized carbons (Fsp3) is 0.385. The zero-order chi connectivity index (χ0) is 15.6. The molecule has 114 valence electrons. The Morgan fingerprint density at radius 3 is 2.57 bits per heavy atom. The fourth-order valence-corrected chi connectivity index (χ4v) is 3.77. The minimum absolute atomic E-state index is 0.290. The summed E-state index contributed by atoms with van der Waals surface area (Å²) in [5, 5.41) is 11.9. The van der Waals surface area contributed by atoms with Crippen LogP contribution in [0.3, 0.4) is 0 Å². The Morgan fingerprint density at radius 2 is 2.10 bits per heavy atom. The van der Waals surface area contributed by atoms with Crippen LogP contribution in [0.5, 0.6) is 0 Å². The summed E-state index contributed by atoms with van der Waals surface area (Å²) >= 11 is -1.32. The predicted molar refractivity (Wildman–Crippen MR) is 73.1 cm³/mol. The van der Waals surface area contributed by atoms with Gasteiger partial charge in [0, 0.05) is 0 Å². The lowest BCUT2D eigenvalue weighted by atomic mass is 10.1. The molecule has 0 saturated carbocycles. The molecule has 1 aliphatic heterocycles. The minimum atomic E-state index is -3.24. The van der Waals surface area contributed by atoms with Gasteiger partial charge in [0.1, 0.15) is 0 Å². The Bertz CT molecular complexity index is 552. The van der Waals surface area contributed by atoms with Gasteiger partial charge in [0.05, 0.1) is 7.11 Å². The summed E-state index contributed by atoms with van der Waals surface area (Å²) in [4.78, 5) is 16.0. The van der Waals surface area contributed by atoms with Gasteiger partial charge in [-0.25, -0.2) is 8.78 Å². The maximum atomic E-state index is 13.1. The molecule has 3 unspecified atom stereocenters. The first-order valence-electron chi connectivity index (χ1n) is 6.00. The number of alkyl halides is 2. The first-order chi connectivity index (χ1) is 9.93. The zero-order valence-electron chi connectivity index (χ0n) is 11.3. The molecule has 2 rings (SSSR count). The molecular weight excluding hydrogens is 304 g/mol. The normalized spacial score (nSPS) is 26.4. The van der Waals surface area contributed by atoms with Gasteiger partial charge >= 0.3 is 12.2 Å². The van der Waals surface area contributed by atoms with Gasteiger partial charge in [-0.3, -0.25) is 4.79 Å². The van der Waals surface area contributed by atoms with Crippen LogP contribution in [0.2, 0.25) is 0 Å². The second kappa shape index (κ2) is 6.08. The van der Waals surface area contributed by atoms with E-state index in [0.717, 1.165) is 5.56 Å². The average Bonchev–Trinajstić information content (AvgIpc) is 2.81. The van der Waals surface area contributed by atoms with E-state index in [1.807, 2.05) is 6.92 Å². The lowest BCUT2D eigenvalue weighted by Crippen LogP contribution is -2.54. The third-order valence-corrected chi connectivity index (χ3v) is 5.13. The van der Waals surface area contributed by atoms with Crippen LogP contribution >= 0.6 is 0 Å². The molecule has 3 atom stereocenters. The number of benzene rings is 1. The van der Waals surface area contributed by atoms with Crippen molar-refractivity contribution in [2.75, 3.05) is 7.11 Å². The van der Waals surface area contributed by atoms with Crippen molar-refractivity contribution in [2.24, 2.45) is 5.16 Å². The first kappa shape index (κ1) is 15.9. The molecule has 1 heterocycles. The minimum Gasteiger partial charge on any atom is -0.347 e. The number of aliphatic hydroxyl groups is 1. The van der Waals surface area contributed by atoms with E-state index >= 15 is 0 Å². The van der Waals surface area contributed by atoms with Crippen molar-refractivity contribution >= 4 is 23.2 Å². The summed E-state index contributed by atoms with van der Waals surface area (Å²) in [5.74, 6) is -2.87. The van der Waals surface area contributed by atoms with Gasteiger partial charge in [0.2, 0.25) is 11.2 Å². The van der Waals surface area contributed by atoms with Gasteiger partial charge in [-0.2, -0.15) is 4.18 Å². The highest BCUT2D eigenvalue weighted by Gasteiger charge is 2.66. The lowest BCUT2D eigenvalue weighted by Gasteiger charge is -2.23. The van der Waals surface area contributed by atoms with E-state index in [2.05, 4.69) is 9.99 Å². The van der Waals surface area contributed by atoms with Crippen molar-refractivity contribution in [3.63, 3.8) is 0 Å². The second-order valence-corrected chi connectivity index (χ2v) is 6.31. The smallest absolute Gasteiger partial charge is 0.347 e. The summed E-state index contributed by atoms with van der Waals surface area (Å²) in [6.07, 6.45) is -2.95. The van der Waals surface area contributed by atoms with Gasteiger partial charge in [0.25, 0.3) is 5.25 Å². The second-order valence-electron chi connectivity index (χ2n) is 4.44. The van der Waals surface area contributed by atoms with E-state index in [1.54, 1.807) is 24.3 Å². The highest BCUT2D eigenvalue weighted by molar-refractivity contribution is 7.94. The molecule has 1 aromatic carbocycles. The molecule has 8 heteroatoms. The summed E-state index contributed by atoms with van der Waals surface area (Å²) in [5.41, 5.74) is 0.679. The molecule has 1 N–H and O–H groups in total. The maximum absolute atomic E-state index is 13.1. The third kappa shape index (κ3) is 2.78. The van der Waals surface area contributed by atoms with Crippen molar-refractivity contribution in [3.05, 3.63) is 29.8 Å². The van der Waals surface area contributed by atoms with E-state index in [0.29, 0.717) is 4.90 Å². The van der Waals surface area contributed by atoms with Crippen LogP contribution < -0.4 is 0 Å². The van der Waals surface area contributed by atoms with Crippen LogP contribution in [0.1, 0.15) is 5.56 Å². The van der Waals surface area contributed by atoms with E-state index in [1.165, 1.54) is 7.11 Å². The van der Waals surface area contributed by atoms with Crippen LogP contribution in [-0.4, -0.2) is 41.7 Å². The van der Waals surface area contributed by atoms with Gasteiger partial charge in [-0.1, -0.05) is 22.9 Å². The number of nitrogens with zero attached hydrogens (tertiary/aromatic N) is 1. The van der Waals surface area contributed by atoms with Crippen LogP contribution in [0.15, 0.2) is 34.3 Å². The quantitative estimate of drug-likeness (QED) is 0.659. The van der Waals surface area contributed by atoms with Gasteiger partial charge < -0.3 is 9.94 Å². The fourth-order valence-electron chi connectivity index (χ4n) is 1.93. The Hall–Kier alpha value is -1.51. The van der Waals surface area contributed by atoms with Crippen molar-refractivity contribution in [1.82, 2.24) is 0 Å². The van der Waals surface area contributed by atoms with Gasteiger partial charge in [-0.05, 0) is 19.1 Å². The lowest BCUT2D eigenvalue weighted by molar-refractivity contribution is -0.251. The summed E-state index contributed by atoms with van der Waals surface area (Å²) in [6.45, 7) is 1.88. The number of aldehydes is 1. The van der Waals surface area contributed by atoms with E-state index in [9.17, 15) is 18.7 Å². The van der Waals surface area contributed by atoms with Crippen molar-refractivity contribution in [3.8, 4) is 0 Å². The molecule has 0 radical (unpaired) electrons. The molecule has 0 aromatic heterocycles. The predicted octanol–water partition coefficient (Wildman–Crippen LogP) is 1.44. The molecule has 5 nitrogen and oxygen atoms in total. The summed E-state index contributed by atoms with van der Waals surface area (Å²) in [6, 6.07) is 6.94. The molecule has 1 aromatic rings. The maximum Gasteiger partial charge on any atom is 0.353 e. The van der Waals surface area contributed by atoms with Crippen molar-refractivity contribution in [1.29, 1.82) is 0 Å². The number of oxime groups is 1. The zero-order valence-corrected chi connectivity index (χ0v) is 12.1. The largest absolute Gasteiger partial charge is 0.353 e. The van der Waals surface area contributed by atoms with Crippen molar-refractivity contribution in [2.45, 2.75) is 29.3 Å². The van der Waals surface area contributed by atoms with Crippen molar-refractivity contribution < 1.29 is 27.7 Å². The Labute approximate surface area is 123 Å². The number of carbonyl (C=O) groups is 1. The SMILES string of the molecule is CO[S+](c1ccc(C)cc1)C1C(C=O)=NOC1(O)C(F)F. The van der Waals surface area contributed by atoms with Crippen LogP contribution in [-0.2, 0) is 25.0 Å². The molecule has 0 fully saturated rings. The van der Waals surface area contributed by atoms with Crippen LogP contribution in [0.4, 0.5) is 8.78 Å². The van der Waals surface area contributed by atoms with E-state index in [-0.39, 0.29) is 12.0 Å². The molecule has 0 spiro atoms. The van der Waals surface area contributed by atoms with E-state index in [4.69, 9.17) is 4.18 Å². The average molecular weight is 318 g/mol. The number of hydrogen-bond donors (Lipinski definition) is 1. The highest BCUT2D eigenvalue weighted by atomic mass is 32.2. The number of hydrogen-bond acceptors (Lipinski definition) is 5. The number of aryl methyl sites for hydroxylation is 1. The Balaban J connectivity index is 2.44. The van der Waals surface area contributed by atoms with Crippen LogP contribution in [0.25, 0.3) is 0 Å². The topological polar surface area (TPSA) is 68.1 Å². The first-order valence-corrected chi connectivity index (χ1v) is 7.21. The standard InChI is InChI=1S/C13H14F2NO4S/c1-8-3-5-9(6-4-8)21(19-2)11-10(7-17)16-20-13(11,18)12(14)15/h3-7,11-12,18H,1-2H3/q+1. The molecule has 0 bridgehead atoms. The number of carbonyl (C=O) groups excluding carboxylic acids is 1. The van der Waals surface area contributed by atoms with Gasteiger partial charge in [-0.15, -0.1) is 0 Å². The monoisotopic (exact) mass is 318 g/mol. The van der Waals surface area contributed by atoms with Crippen LogP contribution in [0, 0.1) is 6.92 Å². The molecular formula is C13H14F2NO4S+. The number of rotatable bonds is 5. The molecule has 0 saturated heterocycles. The molecule has 0 amide bonds. The summed E-state index contributed by atoms with van der Waals surface area (Å²) < 4.78 is 31.5. The molecule has 21 heavy (non-hydrogen) atoms. The Morgan fingerprint density at radius 1 is 1.48 bits per heavy atom. The summed E-state index contributed by atoms with van der Waals surface area (Å²) in [7, 11) is 1.32. The number of halogens is 2. The van der Waals surface area contributed by atoms with Gasteiger partial charge in [0.15, 0.2) is 16.9 Å². The third-order valence-electron chi connectivity index (χ3n) is 3.02. The highest BCUT2D eigenvalue weighted by Crippen LogP contribution is 2.37. The molecule has 1 aliphatic rings. The van der Waals surface area contributed by atoms with E-state index < -0.39 is 28.6 Å². The molecule has 0 aliphatic carbocycles.